The number of hydrogen-bond donors (Lipinski definition) is 2. The van der Waals surface area contributed by atoms with Crippen molar-refractivity contribution in [2.45, 2.75) is 6.10 Å². The van der Waals surface area contributed by atoms with Gasteiger partial charge in [-0.25, -0.2) is 0 Å². The Morgan fingerprint density at radius 1 is 1.27 bits per heavy atom. The van der Waals surface area contributed by atoms with Crippen LogP contribution in [0.3, 0.4) is 0 Å². The maximum absolute atomic E-state index is 12.7. The highest BCUT2D eigenvalue weighted by molar-refractivity contribution is 6.04. The molecular formula is C20H18N6O4. The fourth-order valence-corrected chi connectivity index (χ4v) is 3.02. The van der Waals surface area contributed by atoms with Crippen molar-refractivity contribution < 1.29 is 18.7 Å². The average molecular weight is 406 g/mol. The summed E-state index contributed by atoms with van der Waals surface area (Å²) in [7, 11) is 1.77. The number of furan rings is 1. The number of H-pyrrole nitrogens is 1. The van der Waals surface area contributed by atoms with Crippen LogP contribution in [0.25, 0.3) is 22.7 Å². The first-order chi connectivity index (χ1) is 14.7. The smallest absolute Gasteiger partial charge is 0.291 e. The molecule has 30 heavy (non-hydrogen) atoms. The predicted octanol–water partition coefficient (Wildman–Crippen LogP) is 2.50. The molecular weight excluding hydrogens is 388 g/mol. The number of rotatable bonds is 6. The number of aryl methyl sites for hydroxylation is 1. The minimum absolute atomic E-state index is 0.0718. The molecule has 10 heteroatoms. The van der Waals surface area contributed by atoms with Crippen LogP contribution in [-0.2, 0) is 11.8 Å². The molecule has 10 nitrogen and oxygen atoms in total. The summed E-state index contributed by atoms with van der Waals surface area (Å²) < 4.78 is 18.1. The Morgan fingerprint density at radius 2 is 2.17 bits per heavy atom. The third-order valence-corrected chi connectivity index (χ3v) is 4.58. The third kappa shape index (κ3) is 3.55. The van der Waals surface area contributed by atoms with E-state index in [-0.39, 0.29) is 17.8 Å². The second-order valence-corrected chi connectivity index (χ2v) is 6.83. The first kappa shape index (κ1) is 18.1. The number of ether oxygens (including phenoxy) is 2. The molecule has 0 spiro atoms. The molecule has 2 N–H and O–H groups in total. The van der Waals surface area contributed by atoms with Crippen molar-refractivity contribution in [1.29, 1.82) is 0 Å². The van der Waals surface area contributed by atoms with Crippen LogP contribution in [0.2, 0.25) is 0 Å². The Bertz CT molecular complexity index is 1160. The van der Waals surface area contributed by atoms with Crippen LogP contribution in [-0.4, -0.2) is 50.2 Å². The molecule has 5 rings (SSSR count). The summed E-state index contributed by atoms with van der Waals surface area (Å²) in [6.07, 6.45) is 6.73. The highest BCUT2D eigenvalue weighted by Gasteiger charge is 2.21. The highest BCUT2D eigenvalue weighted by Crippen LogP contribution is 2.28. The van der Waals surface area contributed by atoms with Crippen molar-refractivity contribution in [3.05, 3.63) is 54.8 Å². The van der Waals surface area contributed by atoms with E-state index >= 15 is 0 Å². The van der Waals surface area contributed by atoms with Gasteiger partial charge in [-0.05, 0) is 24.3 Å². The van der Waals surface area contributed by atoms with E-state index in [1.807, 2.05) is 6.07 Å². The van der Waals surface area contributed by atoms with Crippen LogP contribution < -0.4 is 10.1 Å². The van der Waals surface area contributed by atoms with Gasteiger partial charge in [-0.15, -0.1) is 0 Å². The summed E-state index contributed by atoms with van der Waals surface area (Å²) in [5.74, 6) is 1.01. The van der Waals surface area contributed by atoms with E-state index in [0.717, 1.165) is 5.56 Å². The zero-order valence-electron chi connectivity index (χ0n) is 16.0. The summed E-state index contributed by atoms with van der Waals surface area (Å²) >= 11 is 0. The summed E-state index contributed by atoms with van der Waals surface area (Å²) in [6.45, 7) is 1.18. The van der Waals surface area contributed by atoms with E-state index < -0.39 is 0 Å². The molecule has 0 atom stereocenters. The molecule has 1 amide bonds. The van der Waals surface area contributed by atoms with E-state index in [9.17, 15) is 4.79 Å². The number of aromatic amines is 1. The van der Waals surface area contributed by atoms with Crippen LogP contribution in [0.1, 0.15) is 10.6 Å². The number of anilines is 1. The van der Waals surface area contributed by atoms with E-state index in [1.165, 1.54) is 0 Å². The van der Waals surface area contributed by atoms with Gasteiger partial charge in [0, 0.05) is 19.4 Å². The molecule has 1 saturated heterocycles. The molecule has 0 unspecified atom stereocenters. The Labute approximate surface area is 170 Å². The quantitative estimate of drug-likeness (QED) is 0.505. The fourth-order valence-electron chi connectivity index (χ4n) is 3.02. The average Bonchev–Trinajstić information content (AvgIpc) is 3.46. The second kappa shape index (κ2) is 7.48. The number of carbonyl (C=O) groups excluding carboxylic acids is 1. The lowest BCUT2D eigenvalue weighted by Crippen LogP contribution is -2.38. The van der Waals surface area contributed by atoms with Crippen molar-refractivity contribution in [3.63, 3.8) is 0 Å². The van der Waals surface area contributed by atoms with Crippen molar-refractivity contribution in [1.82, 2.24) is 25.0 Å². The zero-order valence-corrected chi connectivity index (χ0v) is 16.0. The summed E-state index contributed by atoms with van der Waals surface area (Å²) in [6, 6.07) is 6.96. The van der Waals surface area contributed by atoms with Crippen LogP contribution in [0, 0.1) is 0 Å². The molecule has 5 heterocycles. The van der Waals surface area contributed by atoms with Gasteiger partial charge in [0.05, 0.1) is 42.6 Å². The topological polar surface area (TPSA) is 120 Å². The second-order valence-electron chi connectivity index (χ2n) is 6.83. The molecule has 0 aliphatic carbocycles. The molecule has 1 fully saturated rings. The molecule has 0 aromatic carbocycles. The van der Waals surface area contributed by atoms with Crippen molar-refractivity contribution in [3.8, 4) is 28.5 Å². The number of aromatic nitrogens is 5. The zero-order chi connectivity index (χ0) is 20.5. The van der Waals surface area contributed by atoms with Gasteiger partial charge >= 0.3 is 0 Å². The molecule has 152 valence electrons. The van der Waals surface area contributed by atoms with E-state index in [0.29, 0.717) is 41.8 Å². The molecule has 4 aromatic rings. The van der Waals surface area contributed by atoms with Gasteiger partial charge < -0.3 is 19.2 Å². The third-order valence-electron chi connectivity index (χ3n) is 4.58. The van der Waals surface area contributed by atoms with Crippen LogP contribution in [0.5, 0.6) is 5.75 Å². The van der Waals surface area contributed by atoms with E-state index in [2.05, 4.69) is 25.6 Å². The van der Waals surface area contributed by atoms with Gasteiger partial charge in [-0.2, -0.15) is 10.2 Å². The molecule has 0 bridgehead atoms. The first-order valence-corrected chi connectivity index (χ1v) is 9.30. The van der Waals surface area contributed by atoms with Gasteiger partial charge in [0.2, 0.25) is 0 Å². The van der Waals surface area contributed by atoms with Gasteiger partial charge in [0.1, 0.15) is 23.3 Å². The predicted molar refractivity (Wildman–Crippen MR) is 106 cm³/mol. The Kier molecular flexibility index (Phi) is 4.52. The Balaban J connectivity index is 1.34. The lowest BCUT2D eigenvalue weighted by molar-refractivity contribution is -0.0797. The molecule has 4 aromatic heterocycles. The summed E-state index contributed by atoms with van der Waals surface area (Å²) in [5, 5.41) is 13.9. The van der Waals surface area contributed by atoms with Crippen molar-refractivity contribution in [2.75, 3.05) is 18.5 Å². The monoisotopic (exact) mass is 406 g/mol. The van der Waals surface area contributed by atoms with Gasteiger partial charge in [0.15, 0.2) is 5.76 Å². The molecule has 1 aliphatic heterocycles. The van der Waals surface area contributed by atoms with Crippen LogP contribution in [0.15, 0.2) is 53.5 Å². The number of hydrogen-bond acceptors (Lipinski definition) is 7. The van der Waals surface area contributed by atoms with Crippen molar-refractivity contribution >= 4 is 11.6 Å². The molecule has 0 saturated carbocycles. The lowest BCUT2D eigenvalue weighted by atomic mass is 10.2. The minimum Gasteiger partial charge on any atom is -0.484 e. The number of amides is 1. The SMILES string of the molecule is Cn1cc(NC(=O)c2ccc(-c3cn[nH]c3)o2)c(-c2ccc(OC3COC3)cn2)n1. The van der Waals surface area contributed by atoms with Crippen LogP contribution in [0.4, 0.5) is 5.69 Å². The lowest BCUT2D eigenvalue weighted by Gasteiger charge is -2.26. The van der Waals surface area contributed by atoms with Gasteiger partial charge in [-0.3, -0.25) is 19.6 Å². The molecule has 1 aliphatic rings. The van der Waals surface area contributed by atoms with Crippen LogP contribution >= 0.6 is 0 Å². The highest BCUT2D eigenvalue weighted by atomic mass is 16.6. The molecule has 0 radical (unpaired) electrons. The Morgan fingerprint density at radius 3 is 2.87 bits per heavy atom. The van der Waals surface area contributed by atoms with Crippen molar-refractivity contribution in [2.24, 2.45) is 7.05 Å². The van der Waals surface area contributed by atoms with Gasteiger partial charge in [-0.1, -0.05) is 0 Å². The first-order valence-electron chi connectivity index (χ1n) is 9.30. The normalized spacial score (nSPS) is 13.8. The van der Waals surface area contributed by atoms with E-state index in [1.54, 1.807) is 54.7 Å². The number of pyridine rings is 1. The standard InChI is InChI=1S/C20H18N6O4/c1-26-9-16(24-20(27)18-5-4-17(30-18)12-6-22-23-7-12)19(25-26)15-3-2-13(8-21-15)29-14-10-28-11-14/h2-9,14H,10-11H2,1H3,(H,22,23)(H,24,27). The number of nitrogens with zero attached hydrogens (tertiary/aromatic N) is 4. The van der Waals surface area contributed by atoms with E-state index in [4.69, 9.17) is 13.9 Å². The summed E-state index contributed by atoms with van der Waals surface area (Å²) in [4.78, 5) is 17.1. The van der Waals surface area contributed by atoms with Gasteiger partial charge in [0.25, 0.3) is 5.91 Å². The Hall–Kier alpha value is -3.92. The number of nitrogens with one attached hydrogen (secondary N) is 2. The maximum atomic E-state index is 12.7. The largest absolute Gasteiger partial charge is 0.484 e. The summed E-state index contributed by atoms with van der Waals surface area (Å²) in [5.41, 5.74) is 2.45. The number of carbonyl (C=O) groups is 1. The maximum Gasteiger partial charge on any atom is 0.291 e. The fraction of sp³-hybridized carbons (Fsp3) is 0.200. The minimum atomic E-state index is -0.385.